The maximum Gasteiger partial charge on any atom is 0.353 e. The number of aromatic amines is 1. The van der Waals surface area contributed by atoms with Crippen LogP contribution in [0.15, 0.2) is 30.9 Å². The highest BCUT2D eigenvalue weighted by Gasteiger charge is 2.15. The van der Waals surface area contributed by atoms with Gasteiger partial charge in [0.05, 0.1) is 23.5 Å². The maximum absolute atomic E-state index is 12.1. The van der Waals surface area contributed by atoms with E-state index in [1.54, 1.807) is 12.4 Å². The lowest BCUT2D eigenvalue weighted by Gasteiger charge is -1.99. The van der Waals surface area contributed by atoms with Gasteiger partial charge in [-0.1, -0.05) is 0 Å². The third-order valence-electron chi connectivity index (χ3n) is 2.62. The molecule has 0 radical (unpaired) electrons. The number of hydrogen-bond donors (Lipinski definition) is 3. The quantitative estimate of drug-likeness (QED) is 0.633. The molecular formula is C11H8N6O3. The molecule has 9 heteroatoms. The number of carbonyl (C=O) groups excluding carboxylic acids is 1. The van der Waals surface area contributed by atoms with E-state index >= 15 is 0 Å². The summed E-state index contributed by atoms with van der Waals surface area (Å²) in [7, 11) is 0. The molecule has 0 saturated heterocycles. The molecule has 1 amide bonds. The molecule has 0 unspecified atom stereocenters. The second-order valence-corrected chi connectivity index (χ2v) is 3.89. The predicted molar refractivity (Wildman–Crippen MR) is 66.5 cm³/mol. The summed E-state index contributed by atoms with van der Waals surface area (Å²) in [6, 6.07) is 1.23. The van der Waals surface area contributed by atoms with Crippen molar-refractivity contribution < 1.29 is 14.7 Å². The maximum atomic E-state index is 12.1. The van der Waals surface area contributed by atoms with Crippen molar-refractivity contribution >= 4 is 23.2 Å². The van der Waals surface area contributed by atoms with Gasteiger partial charge in [-0.3, -0.25) is 14.9 Å². The van der Waals surface area contributed by atoms with E-state index in [9.17, 15) is 9.59 Å². The molecule has 3 rings (SSSR count). The van der Waals surface area contributed by atoms with Gasteiger partial charge in [0.1, 0.15) is 5.69 Å². The van der Waals surface area contributed by atoms with Crippen LogP contribution in [0.4, 0.5) is 5.82 Å². The highest BCUT2D eigenvalue weighted by molar-refractivity contribution is 6.08. The number of aromatic carboxylic acids is 1. The highest BCUT2D eigenvalue weighted by Crippen LogP contribution is 2.12. The van der Waals surface area contributed by atoms with E-state index in [1.807, 2.05) is 0 Å². The van der Waals surface area contributed by atoms with Crippen molar-refractivity contribution in [3.63, 3.8) is 0 Å². The molecule has 0 bridgehead atoms. The summed E-state index contributed by atoms with van der Waals surface area (Å²) in [5, 5.41) is 21.2. The summed E-state index contributed by atoms with van der Waals surface area (Å²) in [5.41, 5.74) is 0.749. The van der Waals surface area contributed by atoms with Crippen LogP contribution < -0.4 is 5.32 Å². The van der Waals surface area contributed by atoms with Gasteiger partial charge in [-0.2, -0.15) is 10.2 Å². The van der Waals surface area contributed by atoms with E-state index in [-0.39, 0.29) is 11.5 Å². The molecular weight excluding hydrogens is 264 g/mol. The number of nitrogens with zero attached hydrogens (tertiary/aromatic N) is 4. The Morgan fingerprint density at radius 1 is 1.35 bits per heavy atom. The van der Waals surface area contributed by atoms with E-state index in [4.69, 9.17) is 5.11 Å². The molecule has 0 aliphatic heterocycles. The van der Waals surface area contributed by atoms with Gasteiger partial charge in [-0.25, -0.2) is 9.31 Å². The van der Waals surface area contributed by atoms with Crippen molar-refractivity contribution in [2.24, 2.45) is 0 Å². The summed E-state index contributed by atoms with van der Waals surface area (Å²) in [6.45, 7) is 0. The fourth-order valence-corrected chi connectivity index (χ4v) is 1.69. The Hall–Kier alpha value is -3.23. The van der Waals surface area contributed by atoms with E-state index in [2.05, 4.69) is 25.6 Å². The highest BCUT2D eigenvalue weighted by atomic mass is 16.4. The first kappa shape index (κ1) is 11.8. The molecule has 0 aromatic carbocycles. The van der Waals surface area contributed by atoms with Gasteiger partial charge in [0.25, 0.3) is 5.91 Å². The molecule has 3 aromatic heterocycles. The number of carbonyl (C=O) groups is 2. The minimum Gasteiger partial charge on any atom is -0.477 e. The van der Waals surface area contributed by atoms with Crippen molar-refractivity contribution in [2.45, 2.75) is 0 Å². The van der Waals surface area contributed by atoms with Crippen LogP contribution in [-0.2, 0) is 0 Å². The van der Waals surface area contributed by atoms with Crippen LogP contribution in [0.5, 0.6) is 0 Å². The Labute approximate surface area is 111 Å². The largest absolute Gasteiger partial charge is 0.477 e. The minimum atomic E-state index is -1.15. The standard InChI is InChI=1S/C11H8N6O3/c18-10(14-9-3-7(11(19)20)15-16-9)6-4-13-17-2-1-12-5-8(6)17/h1-5H,(H,19,20)(H2,14,15,16,18). The van der Waals surface area contributed by atoms with Gasteiger partial charge in [0.15, 0.2) is 5.82 Å². The number of anilines is 1. The molecule has 3 aromatic rings. The molecule has 0 saturated carbocycles. The molecule has 3 heterocycles. The fraction of sp³-hybridized carbons (Fsp3) is 0. The summed E-state index contributed by atoms with van der Waals surface area (Å²) < 4.78 is 1.51. The number of nitrogens with one attached hydrogen (secondary N) is 2. The average molecular weight is 272 g/mol. The first-order chi connectivity index (χ1) is 9.65. The first-order valence-corrected chi connectivity index (χ1v) is 5.52. The lowest BCUT2D eigenvalue weighted by Crippen LogP contribution is -2.12. The van der Waals surface area contributed by atoms with Crippen LogP contribution in [0.3, 0.4) is 0 Å². The Balaban J connectivity index is 1.87. The number of fused-ring (bicyclic) bond motifs is 1. The number of H-pyrrole nitrogens is 1. The monoisotopic (exact) mass is 272 g/mol. The molecule has 0 spiro atoms. The molecule has 0 fully saturated rings. The van der Waals surface area contributed by atoms with Crippen molar-refractivity contribution in [2.75, 3.05) is 5.32 Å². The van der Waals surface area contributed by atoms with Gasteiger partial charge >= 0.3 is 5.97 Å². The number of hydrogen-bond acceptors (Lipinski definition) is 5. The number of rotatable bonds is 3. The molecule has 9 nitrogen and oxygen atoms in total. The van der Waals surface area contributed by atoms with Crippen LogP contribution in [0.25, 0.3) is 5.52 Å². The van der Waals surface area contributed by atoms with Gasteiger partial charge in [-0.05, 0) is 0 Å². The zero-order valence-electron chi connectivity index (χ0n) is 9.94. The lowest BCUT2D eigenvalue weighted by atomic mass is 10.3. The number of carboxylic acids is 1. The van der Waals surface area contributed by atoms with Gasteiger partial charge in [-0.15, -0.1) is 0 Å². The number of amides is 1. The van der Waals surface area contributed by atoms with Gasteiger partial charge in [0, 0.05) is 18.5 Å². The number of aromatic nitrogens is 5. The summed E-state index contributed by atoms with van der Waals surface area (Å²) in [5.74, 6) is -1.48. The topological polar surface area (TPSA) is 125 Å². The van der Waals surface area contributed by atoms with Gasteiger partial charge < -0.3 is 10.4 Å². The second kappa shape index (κ2) is 4.46. The van der Waals surface area contributed by atoms with Crippen molar-refractivity contribution in [1.29, 1.82) is 0 Å². The Morgan fingerprint density at radius 3 is 2.95 bits per heavy atom. The van der Waals surface area contributed by atoms with Crippen LogP contribution >= 0.6 is 0 Å². The summed E-state index contributed by atoms with van der Waals surface area (Å²) in [4.78, 5) is 26.7. The van der Waals surface area contributed by atoms with Gasteiger partial charge in [0.2, 0.25) is 0 Å². The zero-order chi connectivity index (χ0) is 14.1. The van der Waals surface area contributed by atoms with Crippen molar-refractivity contribution in [3.05, 3.63) is 42.1 Å². The van der Waals surface area contributed by atoms with E-state index < -0.39 is 11.9 Å². The molecule has 100 valence electrons. The molecule has 0 aliphatic carbocycles. The van der Waals surface area contributed by atoms with Crippen LogP contribution in [0.1, 0.15) is 20.8 Å². The molecule has 0 atom stereocenters. The van der Waals surface area contributed by atoms with E-state index in [0.29, 0.717) is 11.1 Å². The fourth-order valence-electron chi connectivity index (χ4n) is 1.69. The molecule has 0 aliphatic rings. The SMILES string of the molecule is O=C(O)c1cc(NC(=O)c2cnn3ccncc23)n[nH]1. The Kier molecular flexibility index (Phi) is 2.64. The lowest BCUT2D eigenvalue weighted by molar-refractivity contribution is 0.0690. The third-order valence-corrected chi connectivity index (χ3v) is 2.62. The Bertz CT molecular complexity index is 805. The van der Waals surface area contributed by atoms with Crippen molar-refractivity contribution in [3.8, 4) is 0 Å². The summed E-state index contributed by atoms with van der Waals surface area (Å²) in [6.07, 6.45) is 6.07. The first-order valence-electron chi connectivity index (χ1n) is 5.52. The summed E-state index contributed by atoms with van der Waals surface area (Å²) >= 11 is 0. The molecule has 3 N–H and O–H groups in total. The zero-order valence-corrected chi connectivity index (χ0v) is 9.94. The Morgan fingerprint density at radius 2 is 2.20 bits per heavy atom. The third kappa shape index (κ3) is 1.96. The predicted octanol–water partition coefficient (Wildman–Crippen LogP) is 0.403. The average Bonchev–Trinajstić information content (AvgIpc) is 3.04. The molecule has 20 heavy (non-hydrogen) atoms. The number of carboxylic acid groups (broad SMARTS) is 1. The van der Waals surface area contributed by atoms with E-state index in [0.717, 1.165) is 0 Å². The van der Waals surface area contributed by atoms with Crippen molar-refractivity contribution in [1.82, 2.24) is 24.8 Å². The smallest absolute Gasteiger partial charge is 0.353 e. The van der Waals surface area contributed by atoms with E-state index in [1.165, 1.54) is 23.0 Å². The van der Waals surface area contributed by atoms with Crippen LogP contribution in [0, 0.1) is 0 Å². The second-order valence-electron chi connectivity index (χ2n) is 3.89. The van der Waals surface area contributed by atoms with Crippen LogP contribution in [-0.4, -0.2) is 41.8 Å². The van der Waals surface area contributed by atoms with Crippen LogP contribution in [0.2, 0.25) is 0 Å². The minimum absolute atomic E-state index is 0.109. The normalized spacial score (nSPS) is 10.6.